The molecule has 0 spiro atoms. The van der Waals surface area contributed by atoms with Crippen LogP contribution in [0.5, 0.6) is 0 Å². The van der Waals surface area contributed by atoms with Gasteiger partial charge in [-0.1, -0.05) is 24.3 Å². The van der Waals surface area contributed by atoms with E-state index in [1.54, 1.807) is 12.1 Å². The van der Waals surface area contributed by atoms with Crippen LogP contribution in [0, 0.1) is 24.0 Å². The van der Waals surface area contributed by atoms with Crippen molar-refractivity contribution in [3.63, 3.8) is 0 Å². The molecule has 0 bridgehead atoms. The number of benzene rings is 2. The van der Waals surface area contributed by atoms with E-state index in [0.29, 0.717) is 12.2 Å². The number of rotatable bonds is 5. The molecule has 0 fully saturated rings. The normalized spacial score (nSPS) is 10.6. The summed E-state index contributed by atoms with van der Waals surface area (Å²) in [6.07, 6.45) is 1.91. The lowest BCUT2D eigenvalue weighted by Crippen LogP contribution is -2.07. The lowest BCUT2D eigenvalue weighted by Gasteiger charge is -2.12. The summed E-state index contributed by atoms with van der Waals surface area (Å²) in [7, 11) is 0. The van der Waals surface area contributed by atoms with Gasteiger partial charge in [0, 0.05) is 18.8 Å². The summed E-state index contributed by atoms with van der Waals surface area (Å²) < 4.78 is 1.82. The fourth-order valence-corrected chi connectivity index (χ4v) is 2.57. The first-order valence-corrected chi connectivity index (χ1v) is 7.64. The topological polar surface area (TPSA) is 73.0 Å². The molecule has 24 heavy (non-hydrogen) atoms. The maximum Gasteiger partial charge on any atom is 0.292 e. The maximum atomic E-state index is 11.2. The minimum absolute atomic E-state index is 0.0856. The maximum absolute atomic E-state index is 11.2. The van der Waals surface area contributed by atoms with Crippen LogP contribution < -0.4 is 5.32 Å². The van der Waals surface area contributed by atoms with Crippen LogP contribution in [0.15, 0.2) is 54.7 Å². The summed E-state index contributed by atoms with van der Waals surface area (Å²) in [4.78, 5) is 10.9. The van der Waals surface area contributed by atoms with Crippen molar-refractivity contribution in [2.24, 2.45) is 0 Å². The van der Waals surface area contributed by atoms with Gasteiger partial charge in [0.25, 0.3) is 5.69 Å². The number of hydrogen-bond donors (Lipinski definition) is 1. The monoisotopic (exact) mass is 322 g/mol. The van der Waals surface area contributed by atoms with E-state index < -0.39 is 0 Å². The van der Waals surface area contributed by atoms with Crippen LogP contribution in [0.4, 0.5) is 11.4 Å². The molecule has 0 unspecified atom stereocenters. The Hall–Kier alpha value is -3.15. The molecule has 0 saturated heterocycles. The molecule has 0 aliphatic carbocycles. The van der Waals surface area contributed by atoms with E-state index >= 15 is 0 Å². The largest absolute Gasteiger partial charge is 0.375 e. The molecular formula is C18H18N4O2. The number of nitro groups is 1. The third kappa shape index (κ3) is 3.27. The third-order valence-electron chi connectivity index (χ3n) is 3.78. The highest BCUT2D eigenvalue weighted by atomic mass is 16.6. The van der Waals surface area contributed by atoms with Crippen molar-refractivity contribution in [3.8, 4) is 5.69 Å². The summed E-state index contributed by atoms with van der Waals surface area (Å²) >= 11 is 0. The number of nitrogens with one attached hydrogen (secondary N) is 1. The van der Waals surface area contributed by atoms with E-state index in [9.17, 15) is 10.1 Å². The molecule has 1 N–H and O–H groups in total. The van der Waals surface area contributed by atoms with Crippen LogP contribution in [0.25, 0.3) is 5.69 Å². The van der Waals surface area contributed by atoms with Crippen molar-refractivity contribution in [1.82, 2.24) is 9.78 Å². The SMILES string of the molecule is Cc1ccc(NCc2ccccc2-n2ccc(C)n2)c([N+](=O)[O-])c1. The summed E-state index contributed by atoms with van der Waals surface area (Å²) in [5, 5.41) is 18.8. The van der Waals surface area contributed by atoms with Gasteiger partial charge in [0.1, 0.15) is 5.69 Å². The van der Waals surface area contributed by atoms with Crippen molar-refractivity contribution in [3.05, 3.63) is 81.7 Å². The summed E-state index contributed by atoms with van der Waals surface area (Å²) in [5.74, 6) is 0. The predicted octanol–water partition coefficient (Wildman–Crippen LogP) is 4.01. The Balaban J connectivity index is 1.87. The molecule has 0 saturated carbocycles. The van der Waals surface area contributed by atoms with Gasteiger partial charge in [0.05, 0.1) is 16.3 Å². The quantitative estimate of drug-likeness (QED) is 0.569. The van der Waals surface area contributed by atoms with Crippen molar-refractivity contribution >= 4 is 11.4 Å². The molecule has 0 atom stereocenters. The highest BCUT2D eigenvalue weighted by molar-refractivity contribution is 5.63. The van der Waals surface area contributed by atoms with Crippen molar-refractivity contribution in [1.29, 1.82) is 0 Å². The second-order valence-corrected chi connectivity index (χ2v) is 5.66. The summed E-state index contributed by atoms with van der Waals surface area (Å²) in [6, 6.07) is 15.0. The Labute approximate surface area is 139 Å². The Morgan fingerprint density at radius 3 is 2.67 bits per heavy atom. The van der Waals surface area contributed by atoms with Gasteiger partial charge >= 0.3 is 0 Å². The average Bonchev–Trinajstić information content (AvgIpc) is 3.00. The van der Waals surface area contributed by atoms with E-state index in [1.807, 2.05) is 61.1 Å². The molecule has 1 heterocycles. The fraction of sp³-hybridized carbons (Fsp3) is 0.167. The molecule has 3 aromatic rings. The molecule has 0 aliphatic rings. The number of hydrogen-bond acceptors (Lipinski definition) is 4. The number of nitro benzene ring substituents is 1. The first-order chi connectivity index (χ1) is 11.5. The van der Waals surface area contributed by atoms with Crippen molar-refractivity contribution in [2.75, 3.05) is 5.32 Å². The molecule has 1 aromatic heterocycles. The number of aryl methyl sites for hydroxylation is 2. The van der Waals surface area contributed by atoms with E-state index in [0.717, 1.165) is 22.5 Å². The minimum atomic E-state index is -0.363. The third-order valence-corrected chi connectivity index (χ3v) is 3.78. The molecule has 0 aliphatic heterocycles. The molecule has 0 amide bonds. The first-order valence-electron chi connectivity index (χ1n) is 7.64. The average molecular weight is 322 g/mol. The predicted molar refractivity (Wildman–Crippen MR) is 93.5 cm³/mol. The number of aromatic nitrogens is 2. The van der Waals surface area contributed by atoms with Crippen LogP contribution in [0.2, 0.25) is 0 Å². The van der Waals surface area contributed by atoms with E-state index in [2.05, 4.69) is 10.4 Å². The minimum Gasteiger partial charge on any atom is -0.375 e. The highest BCUT2D eigenvalue weighted by Gasteiger charge is 2.14. The molecule has 6 nitrogen and oxygen atoms in total. The van der Waals surface area contributed by atoms with Crippen LogP contribution in [0.3, 0.4) is 0 Å². The second kappa shape index (κ2) is 6.54. The Kier molecular flexibility index (Phi) is 4.29. The van der Waals surface area contributed by atoms with Gasteiger partial charge in [-0.25, -0.2) is 4.68 Å². The Morgan fingerprint density at radius 1 is 1.17 bits per heavy atom. The number of para-hydroxylation sites is 1. The molecule has 2 aromatic carbocycles. The molecular weight excluding hydrogens is 304 g/mol. The van der Waals surface area contributed by atoms with Gasteiger partial charge in [0.15, 0.2) is 0 Å². The smallest absolute Gasteiger partial charge is 0.292 e. The standard InChI is InChI=1S/C18H18N4O2/c1-13-7-8-16(18(11-13)22(23)24)19-12-15-5-3-4-6-17(15)21-10-9-14(2)20-21/h3-11,19H,12H2,1-2H3. The molecule has 122 valence electrons. The van der Waals surface area contributed by atoms with Gasteiger partial charge in [-0.2, -0.15) is 5.10 Å². The van der Waals surface area contributed by atoms with Gasteiger partial charge in [-0.05, 0) is 43.2 Å². The highest BCUT2D eigenvalue weighted by Crippen LogP contribution is 2.26. The van der Waals surface area contributed by atoms with Crippen LogP contribution in [-0.4, -0.2) is 14.7 Å². The van der Waals surface area contributed by atoms with E-state index in [1.165, 1.54) is 0 Å². The van der Waals surface area contributed by atoms with Gasteiger partial charge in [-0.15, -0.1) is 0 Å². The van der Waals surface area contributed by atoms with Gasteiger partial charge in [-0.3, -0.25) is 10.1 Å². The van der Waals surface area contributed by atoms with Crippen LogP contribution in [0.1, 0.15) is 16.8 Å². The lowest BCUT2D eigenvalue weighted by molar-refractivity contribution is -0.384. The van der Waals surface area contributed by atoms with Gasteiger partial charge < -0.3 is 5.32 Å². The van der Waals surface area contributed by atoms with E-state index in [-0.39, 0.29) is 10.6 Å². The first kappa shape index (κ1) is 15.7. The zero-order valence-electron chi connectivity index (χ0n) is 13.6. The second-order valence-electron chi connectivity index (χ2n) is 5.66. The Morgan fingerprint density at radius 2 is 1.96 bits per heavy atom. The van der Waals surface area contributed by atoms with E-state index in [4.69, 9.17) is 0 Å². The van der Waals surface area contributed by atoms with Gasteiger partial charge in [0.2, 0.25) is 0 Å². The lowest BCUT2D eigenvalue weighted by atomic mass is 10.1. The molecule has 6 heteroatoms. The number of anilines is 1. The Bertz CT molecular complexity index is 886. The summed E-state index contributed by atoms with van der Waals surface area (Å²) in [5.41, 5.74) is 4.36. The van der Waals surface area contributed by atoms with Crippen molar-refractivity contribution < 1.29 is 4.92 Å². The van der Waals surface area contributed by atoms with Crippen LogP contribution >= 0.6 is 0 Å². The zero-order valence-corrected chi connectivity index (χ0v) is 13.6. The molecule has 3 rings (SSSR count). The molecule has 0 radical (unpaired) electrons. The number of nitrogens with zero attached hydrogens (tertiary/aromatic N) is 3. The fourth-order valence-electron chi connectivity index (χ4n) is 2.57. The zero-order chi connectivity index (χ0) is 17.1. The van der Waals surface area contributed by atoms with Crippen molar-refractivity contribution in [2.45, 2.75) is 20.4 Å². The summed E-state index contributed by atoms with van der Waals surface area (Å²) in [6.45, 7) is 4.25. The van der Waals surface area contributed by atoms with Crippen LogP contribution in [-0.2, 0) is 6.54 Å².